The van der Waals surface area contributed by atoms with Gasteiger partial charge in [0.2, 0.25) is 5.91 Å². The van der Waals surface area contributed by atoms with Crippen molar-refractivity contribution in [1.82, 2.24) is 14.9 Å². The van der Waals surface area contributed by atoms with E-state index in [1.54, 1.807) is 24.3 Å². The van der Waals surface area contributed by atoms with E-state index < -0.39 is 17.7 Å². The van der Waals surface area contributed by atoms with E-state index >= 15 is 0 Å². The quantitative estimate of drug-likeness (QED) is 0.179. The highest BCUT2D eigenvalue weighted by molar-refractivity contribution is 7.19. The molecule has 1 aliphatic rings. The number of thiophene rings is 1. The number of halogens is 4. The van der Waals surface area contributed by atoms with Gasteiger partial charge in [0.15, 0.2) is 11.0 Å². The third-order valence-corrected chi connectivity index (χ3v) is 6.92. The highest BCUT2D eigenvalue weighted by atomic mass is 35.5. The van der Waals surface area contributed by atoms with Crippen molar-refractivity contribution in [3.05, 3.63) is 63.0 Å². The molecule has 0 spiro atoms. The van der Waals surface area contributed by atoms with Crippen molar-refractivity contribution < 1.29 is 33.3 Å². The number of hydrogen-bond donors (Lipinski definition) is 5. The van der Waals surface area contributed by atoms with Crippen LogP contribution in [-0.2, 0) is 22.7 Å². The Balaban J connectivity index is 0.000000559. The van der Waals surface area contributed by atoms with Crippen LogP contribution in [0, 0.1) is 0 Å². The molecule has 2 heterocycles. The average Bonchev–Trinajstić information content (AvgIpc) is 3.28. The normalized spacial score (nSPS) is 13.0. The second kappa shape index (κ2) is 12.8. The number of rotatable bonds is 8. The number of alkyl halides is 3. The van der Waals surface area contributed by atoms with Gasteiger partial charge < -0.3 is 26.3 Å². The number of hydrogen-bond acceptors (Lipinski definition) is 8. The van der Waals surface area contributed by atoms with E-state index in [-0.39, 0.29) is 41.8 Å². The van der Waals surface area contributed by atoms with Gasteiger partial charge in [-0.05, 0) is 49.1 Å². The Morgan fingerprint density at radius 3 is 2.30 bits per heavy atom. The van der Waals surface area contributed by atoms with Gasteiger partial charge in [0.25, 0.3) is 11.4 Å². The molecule has 16 heteroatoms. The molecular weight excluding hydrogens is 575 g/mol. The van der Waals surface area contributed by atoms with Gasteiger partial charge in [-0.25, -0.2) is 4.98 Å². The molecule has 1 amide bonds. The number of benzene rings is 1. The van der Waals surface area contributed by atoms with Gasteiger partial charge in [0, 0.05) is 12.6 Å². The van der Waals surface area contributed by atoms with E-state index in [0.29, 0.717) is 15.6 Å². The van der Waals surface area contributed by atoms with Gasteiger partial charge in [-0.2, -0.15) is 13.2 Å². The van der Waals surface area contributed by atoms with E-state index in [1.165, 1.54) is 15.9 Å². The lowest BCUT2D eigenvalue weighted by Crippen LogP contribution is -2.46. The molecule has 0 atom stereocenters. The summed E-state index contributed by atoms with van der Waals surface area (Å²) in [4.78, 5) is 39.8. The molecular formula is C24H25ClF3N7O4S. The number of carbonyl (C=O) groups excluding carboxylic acids is 2. The summed E-state index contributed by atoms with van der Waals surface area (Å²) in [6, 6.07) is 10.9. The first-order valence-electron chi connectivity index (χ1n) is 11.7. The Labute approximate surface area is 234 Å². The number of nitrogens with two attached hydrogens (primary N) is 3. The fourth-order valence-corrected chi connectivity index (χ4v) is 4.63. The van der Waals surface area contributed by atoms with Gasteiger partial charge in [-0.1, -0.05) is 23.7 Å². The molecule has 0 radical (unpaired) electrons. The summed E-state index contributed by atoms with van der Waals surface area (Å²) < 4.78 is 32.9. The number of anilines is 2. The van der Waals surface area contributed by atoms with Crippen LogP contribution in [0.5, 0.6) is 0 Å². The molecule has 0 unspecified atom stereocenters. The number of nitrogen functional groups attached to an aromatic ring is 1. The Morgan fingerprint density at radius 2 is 1.82 bits per heavy atom. The standard InChI is InChI=1S/C22H24ClN7O2S.C2HF3O2/c23-19-18(15-8-9-16(24)33-15)30(22(32)21(29-19)28-14-2-1-3-14)11-17(31)27-10-12-4-6-13(7-5-12)20(25)26;3-2(4,5)1(6)7/h4-9,14H,1-3,10-11,24H2,(H3,25,26)(H,27,31)(H,28,29);(H,6,7). The van der Waals surface area contributed by atoms with Crippen LogP contribution in [0.25, 0.3) is 10.6 Å². The van der Waals surface area contributed by atoms with Crippen molar-refractivity contribution in [2.24, 2.45) is 5.73 Å². The molecule has 8 N–H and O–H groups in total. The van der Waals surface area contributed by atoms with Gasteiger partial charge >= 0.3 is 6.18 Å². The largest absolute Gasteiger partial charge is 0.542 e. The number of carboxylic acid groups (broad SMARTS) is 1. The number of nitrogens with zero attached hydrogens (tertiary/aromatic N) is 2. The second-order valence-electron chi connectivity index (χ2n) is 8.68. The van der Waals surface area contributed by atoms with Gasteiger partial charge in [-0.15, -0.1) is 11.3 Å². The molecule has 0 saturated heterocycles. The van der Waals surface area contributed by atoms with Crippen LogP contribution in [0.1, 0.15) is 30.4 Å². The maximum Gasteiger partial charge on any atom is 0.430 e. The second-order valence-corrected chi connectivity index (χ2v) is 10.2. The van der Waals surface area contributed by atoms with Crippen LogP contribution in [0.2, 0.25) is 5.15 Å². The summed E-state index contributed by atoms with van der Waals surface area (Å²) in [6.45, 7) is 0.0702. The summed E-state index contributed by atoms with van der Waals surface area (Å²) in [5, 5.41) is 21.1. The summed E-state index contributed by atoms with van der Waals surface area (Å²) in [6.07, 6.45) is -2.16. The minimum absolute atomic E-state index is 0.136. The fraction of sp³-hybridized carbons (Fsp3) is 0.292. The van der Waals surface area contributed by atoms with Crippen LogP contribution in [-0.4, -0.2) is 39.5 Å². The lowest BCUT2D eigenvalue weighted by atomic mass is 9.93. The van der Waals surface area contributed by atoms with Gasteiger partial charge in [-0.3, -0.25) is 25.3 Å². The third-order valence-electron chi connectivity index (χ3n) is 5.74. The number of amides is 1. The zero-order valence-electron chi connectivity index (χ0n) is 20.8. The molecule has 214 valence electrons. The molecule has 1 aromatic carbocycles. The molecule has 1 fully saturated rings. The zero-order chi connectivity index (χ0) is 29.6. The van der Waals surface area contributed by atoms with E-state index in [4.69, 9.17) is 38.4 Å². The minimum Gasteiger partial charge on any atom is -0.542 e. The number of carbonyl (C=O) groups is 2. The number of aliphatic carboxylic acids is 1. The highest BCUT2D eigenvalue weighted by Crippen LogP contribution is 2.33. The summed E-state index contributed by atoms with van der Waals surface area (Å²) in [5.41, 5.74) is 13.0. The van der Waals surface area contributed by atoms with E-state index in [0.717, 1.165) is 30.4 Å². The molecule has 3 aromatic rings. The lowest BCUT2D eigenvalue weighted by Gasteiger charge is -2.27. The number of aromatic nitrogens is 2. The Hall–Kier alpha value is -4.11. The van der Waals surface area contributed by atoms with Crippen LogP contribution in [0.3, 0.4) is 0 Å². The zero-order valence-corrected chi connectivity index (χ0v) is 22.3. The Bertz CT molecular complexity index is 1450. The first kappa shape index (κ1) is 30.4. The van der Waals surface area contributed by atoms with E-state index in [1.807, 2.05) is 12.1 Å². The smallest absolute Gasteiger partial charge is 0.430 e. The molecule has 2 aromatic heterocycles. The monoisotopic (exact) mass is 599 g/mol. The number of amidine groups is 1. The van der Waals surface area contributed by atoms with Crippen molar-refractivity contribution >= 4 is 51.5 Å². The maximum atomic E-state index is 13.3. The minimum atomic E-state index is -5.19. The summed E-state index contributed by atoms with van der Waals surface area (Å²) in [5.74, 6) is -2.97. The SMILES string of the molecule is NC(=[NH2+])c1ccc(CNC(=O)Cn2c(-c3ccc(N)s3)c(Cl)nc(NC3CCC3)c2=O)cc1.O=C([O-])C(F)(F)F. The summed E-state index contributed by atoms with van der Waals surface area (Å²) in [7, 11) is 0. The molecule has 4 rings (SSSR count). The average molecular weight is 600 g/mol. The Kier molecular flexibility index (Phi) is 9.76. The van der Waals surface area contributed by atoms with Crippen molar-refractivity contribution in [3.8, 4) is 10.6 Å². The van der Waals surface area contributed by atoms with Crippen molar-refractivity contribution in [2.75, 3.05) is 11.1 Å². The first-order valence-corrected chi connectivity index (χ1v) is 12.9. The number of carboxylic acids is 1. The summed E-state index contributed by atoms with van der Waals surface area (Å²) >= 11 is 7.77. The third kappa shape index (κ3) is 7.95. The topological polar surface area (TPSA) is 194 Å². The Morgan fingerprint density at radius 1 is 1.20 bits per heavy atom. The van der Waals surface area contributed by atoms with Crippen LogP contribution in [0.4, 0.5) is 24.0 Å². The van der Waals surface area contributed by atoms with Crippen molar-refractivity contribution in [1.29, 1.82) is 0 Å². The van der Waals surface area contributed by atoms with Crippen LogP contribution in [0.15, 0.2) is 41.2 Å². The van der Waals surface area contributed by atoms with Gasteiger partial charge in [0.1, 0.15) is 12.5 Å². The molecule has 11 nitrogen and oxygen atoms in total. The van der Waals surface area contributed by atoms with E-state index in [9.17, 15) is 22.8 Å². The number of nitrogens with one attached hydrogen (secondary N) is 2. The first-order chi connectivity index (χ1) is 18.8. The van der Waals surface area contributed by atoms with E-state index in [2.05, 4.69) is 15.6 Å². The fourth-order valence-electron chi connectivity index (χ4n) is 3.46. The molecule has 1 saturated carbocycles. The molecule has 1 aliphatic carbocycles. The molecule has 0 aliphatic heterocycles. The highest BCUT2D eigenvalue weighted by Gasteiger charge is 2.29. The van der Waals surface area contributed by atoms with Crippen molar-refractivity contribution in [3.63, 3.8) is 0 Å². The van der Waals surface area contributed by atoms with Crippen LogP contribution < -0.4 is 38.2 Å². The lowest BCUT2D eigenvalue weighted by molar-refractivity contribution is -0.344. The van der Waals surface area contributed by atoms with Crippen molar-refractivity contribution in [2.45, 2.75) is 44.6 Å². The predicted octanol–water partition coefficient (Wildman–Crippen LogP) is 0.251. The van der Waals surface area contributed by atoms with Gasteiger partial charge in [0.05, 0.1) is 21.1 Å². The molecule has 40 heavy (non-hydrogen) atoms. The van der Waals surface area contributed by atoms with Crippen LogP contribution >= 0.6 is 22.9 Å². The molecule has 0 bridgehead atoms. The maximum absolute atomic E-state index is 13.3. The predicted molar refractivity (Wildman–Crippen MR) is 142 cm³/mol.